The Morgan fingerprint density at radius 2 is 1.83 bits per heavy atom. The second kappa shape index (κ2) is 9.37. The number of carboxylic acid groups (broad SMARTS) is 1. The van der Waals surface area contributed by atoms with E-state index in [2.05, 4.69) is 31.0 Å². The van der Waals surface area contributed by atoms with Gasteiger partial charge in [-0.3, -0.25) is 4.98 Å². The van der Waals surface area contributed by atoms with E-state index >= 15 is 0 Å². The number of methoxy groups -OCH3 is 1. The predicted octanol–water partition coefficient (Wildman–Crippen LogP) is 5.70. The number of aryl methyl sites for hydroxylation is 1. The van der Waals surface area contributed by atoms with Crippen molar-refractivity contribution in [2.45, 2.75) is 39.5 Å². The third-order valence-corrected chi connectivity index (χ3v) is 5.30. The molecule has 3 aromatic rings. The predicted molar refractivity (Wildman–Crippen MR) is 116 cm³/mol. The molecule has 0 aliphatic carbocycles. The third-order valence-electron chi connectivity index (χ3n) is 5.30. The van der Waals surface area contributed by atoms with Crippen molar-refractivity contribution in [1.82, 2.24) is 4.98 Å². The topological polar surface area (TPSA) is 59.4 Å². The molecule has 0 radical (unpaired) electrons. The average Bonchev–Trinajstić information content (AvgIpc) is 2.74. The molecule has 1 N–H and O–H groups in total. The molecule has 4 heteroatoms. The summed E-state index contributed by atoms with van der Waals surface area (Å²) in [5.74, 6) is -0.101. The van der Waals surface area contributed by atoms with Crippen LogP contribution in [0.25, 0.3) is 11.1 Å². The summed E-state index contributed by atoms with van der Waals surface area (Å²) < 4.78 is 5.48. The highest BCUT2D eigenvalue weighted by Gasteiger charge is 2.14. The highest BCUT2D eigenvalue weighted by Crippen LogP contribution is 2.28. The molecule has 1 aromatic heterocycles. The zero-order chi connectivity index (χ0) is 20.8. The van der Waals surface area contributed by atoms with Gasteiger partial charge in [0.25, 0.3) is 0 Å². The largest absolute Gasteiger partial charge is 0.495 e. The highest BCUT2D eigenvalue weighted by atomic mass is 16.5. The Morgan fingerprint density at radius 3 is 2.48 bits per heavy atom. The Balaban J connectivity index is 1.91. The first kappa shape index (κ1) is 20.6. The molecular formula is C25H27NO3. The van der Waals surface area contributed by atoms with Gasteiger partial charge in [-0.25, -0.2) is 4.79 Å². The second-order valence-electron chi connectivity index (χ2n) is 7.20. The van der Waals surface area contributed by atoms with Crippen LogP contribution in [0.1, 0.15) is 52.5 Å². The number of aromatic carboxylic acids is 1. The molecule has 1 heterocycles. The summed E-state index contributed by atoms with van der Waals surface area (Å²) in [4.78, 5) is 16.2. The fourth-order valence-electron chi connectivity index (χ4n) is 3.60. The van der Waals surface area contributed by atoms with Crippen LogP contribution >= 0.6 is 0 Å². The Hall–Kier alpha value is -3.14. The molecule has 0 aliphatic heterocycles. The fraction of sp³-hybridized carbons (Fsp3) is 0.280. The third kappa shape index (κ3) is 4.65. The van der Waals surface area contributed by atoms with Gasteiger partial charge in [0.2, 0.25) is 0 Å². The van der Waals surface area contributed by atoms with Crippen LogP contribution in [0.5, 0.6) is 5.75 Å². The molecule has 3 rings (SSSR count). The Bertz CT molecular complexity index is 993. The number of nitrogens with zero attached hydrogens (tertiary/aromatic N) is 1. The van der Waals surface area contributed by atoms with Gasteiger partial charge in [0.15, 0.2) is 0 Å². The molecule has 0 saturated carbocycles. The first-order chi connectivity index (χ1) is 14.0. The van der Waals surface area contributed by atoms with Gasteiger partial charge in [0, 0.05) is 5.69 Å². The lowest BCUT2D eigenvalue weighted by molar-refractivity contribution is 0.0697. The first-order valence-electron chi connectivity index (χ1n) is 9.98. The van der Waals surface area contributed by atoms with Gasteiger partial charge in [0.05, 0.1) is 18.9 Å². The Kier molecular flexibility index (Phi) is 6.65. The molecular weight excluding hydrogens is 362 g/mol. The van der Waals surface area contributed by atoms with E-state index < -0.39 is 5.97 Å². The standard InChI is InChI=1S/C25H27NO3/c1-4-5-10-23-22(17(2)24(29-3)16-26-23)15-18-11-13-19(14-12-18)20-8-6-7-9-21(20)25(27)28/h6-9,11-14,16H,4-5,10,15H2,1-3H3,(H,27,28). The molecule has 150 valence electrons. The minimum atomic E-state index is -0.914. The summed E-state index contributed by atoms with van der Waals surface area (Å²) in [6.07, 6.45) is 5.78. The molecule has 2 aromatic carbocycles. The molecule has 0 bridgehead atoms. The lowest BCUT2D eigenvalue weighted by Crippen LogP contribution is -2.04. The van der Waals surface area contributed by atoms with Crippen LogP contribution in [0.4, 0.5) is 0 Å². The number of rotatable bonds is 8. The van der Waals surface area contributed by atoms with Gasteiger partial charge >= 0.3 is 5.97 Å². The molecule has 0 aliphatic rings. The number of aromatic nitrogens is 1. The maximum Gasteiger partial charge on any atom is 0.336 e. The van der Waals surface area contributed by atoms with E-state index in [0.717, 1.165) is 59.4 Å². The van der Waals surface area contributed by atoms with Gasteiger partial charge in [-0.2, -0.15) is 0 Å². The zero-order valence-electron chi connectivity index (χ0n) is 17.2. The number of carboxylic acids is 1. The lowest BCUT2D eigenvalue weighted by atomic mass is 9.94. The molecule has 0 unspecified atom stereocenters. The van der Waals surface area contributed by atoms with Crippen molar-refractivity contribution in [1.29, 1.82) is 0 Å². The zero-order valence-corrected chi connectivity index (χ0v) is 17.2. The Morgan fingerprint density at radius 1 is 1.10 bits per heavy atom. The quantitative estimate of drug-likeness (QED) is 0.537. The normalized spacial score (nSPS) is 10.7. The van der Waals surface area contributed by atoms with Gasteiger partial charge in [0.1, 0.15) is 5.75 Å². The van der Waals surface area contributed by atoms with Crippen molar-refractivity contribution in [3.63, 3.8) is 0 Å². The SMILES string of the molecule is CCCCc1ncc(OC)c(C)c1Cc1ccc(-c2ccccc2C(=O)O)cc1. The number of carbonyl (C=O) groups is 1. The van der Waals surface area contributed by atoms with Crippen LogP contribution in [0.3, 0.4) is 0 Å². The van der Waals surface area contributed by atoms with E-state index in [0.29, 0.717) is 5.56 Å². The molecule has 0 fully saturated rings. The van der Waals surface area contributed by atoms with Gasteiger partial charge in [-0.15, -0.1) is 0 Å². The van der Waals surface area contributed by atoms with E-state index in [4.69, 9.17) is 4.74 Å². The number of unbranched alkanes of at least 4 members (excludes halogenated alkanes) is 1. The number of hydrogen-bond acceptors (Lipinski definition) is 3. The van der Waals surface area contributed by atoms with Crippen LogP contribution in [0, 0.1) is 6.92 Å². The average molecular weight is 389 g/mol. The van der Waals surface area contributed by atoms with Crippen LogP contribution < -0.4 is 4.74 Å². The van der Waals surface area contributed by atoms with E-state index in [1.54, 1.807) is 19.2 Å². The number of benzene rings is 2. The van der Waals surface area contributed by atoms with Gasteiger partial charge in [-0.05, 0) is 60.1 Å². The molecule has 0 atom stereocenters. The minimum Gasteiger partial charge on any atom is -0.495 e. The van der Waals surface area contributed by atoms with Crippen LogP contribution in [-0.2, 0) is 12.8 Å². The monoisotopic (exact) mass is 389 g/mol. The molecule has 0 saturated heterocycles. The van der Waals surface area contributed by atoms with Crippen molar-refractivity contribution in [3.8, 4) is 16.9 Å². The van der Waals surface area contributed by atoms with E-state index in [1.807, 2.05) is 30.5 Å². The van der Waals surface area contributed by atoms with Crippen molar-refractivity contribution >= 4 is 5.97 Å². The smallest absolute Gasteiger partial charge is 0.336 e. The summed E-state index contributed by atoms with van der Waals surface area (Å²) in [5, 5.41) is 9.44. The number of pyridine rings is 1. The lowest BCUT2D eigenvalue weighted by Gasteiger charge is -2.15. The minimum absolute atomic E-state index is 0.315. The van der Waals surface area contributed by atoms with Crippen LogP contribution in [0.2, 0.25) is 0 Å². The fourth-order valence-corrected chi connectivity index (χ4v) is 3.60. The van der Waals surface area contributed by atoms with E-state index in [9.17, 15) is 9.90 Å². The summed E-state index contributed by atoms with van der Waals surface area (Å²) in [6, 6.07) is 15.2. The number of hydrogen-bond donors (Lipinski definition) is 1. The summed E-state index contributed by atoms with van der Waals surface area (Å²) >= 11 is 0. The van der Waals surface area contributed by atoms with Crippen LogP contribution in [-0.4, -0.2) is 23.2 Å². The van der Waals surface area contributed by atoms with Gasteiger partial charge in [-0.1, -0.05) is 55.8 Å². The summed E-state index contributed by atoms with van der Waals surface area (Å²) in [6.45, 7) is 4.27. The number of ether oxygens (including phenoxy) is 1. The van der Waals surface area contributed by atoms with Crippen LogP contribution in [0.15, 0.2) is 54.7 Å². The maximum atomic E-state index is 11.5. The maximum absolute atomic E-state index is 11.5. The summed E-state index contributed by atoms with van der Waals surface area (Å²) in [7, 11) is 1.67. The molecule has 4 nitrogen and oxygen atoms in total. The molecule has 0 spiro atoms. The van der Waals surface area contributed by atoms with Gasteiger partial charge < -0.3 is 9.84 Å². The van der Waals surface area contributed by atoms with Crippen molar-refractivity contribution in [2.24, 2.45) is 0 Å². The van der Waals surface area contributed by atoms with Crippen molar-refractivity contribution in [3.05, 3.63) is 82.7 Å². The van der Waals surface area contributed by atoms with Crippen molar-refractivity contribution < 1.29 is 14.6 Å². The Labute approximate surface area is 172 Å². The molecule has 29 heavy (non-hydrogen) atoms. The highest BCUT2D eigenvalue weighted by molar-refractivity contribution is 5.95. The molecule has 0 amide bonds. The van der Waals surface area contributed by atoms with Crippen molar-refractivity contribution in [2.75, 3.05) is 7.11 Å². The first-order valence-corrected chi connectivity index (χ1v) is 9.98. The van der Waals surface area contributed by atoms with E-state index in [1.165, 1.54) is 5.56 Å². The summed E-state index contributed by atoms with van der Waals surface area (Å²) in [5.41, 5.74) is 6.59. The van der Waals surface area contributed by atoms with E-state index in [-0.39, 0.29) is 0 Å². The second-order valence-corrected chi connectivity index (χ2v) is 7.20.